The number of hydrogen-bond acceptors (Lipinski definition) is 4. The van der Waals surface area contributed by atoms with Gasteiger partial charge in [-0.15, -0.1) is 0 Å². The van der Waals surface area contributed by atoms with Crippen molar-refractivity contribution in [3.63, 3.8) is 0 Å². The van der Waals surface area contributed by atoms with Gasteiger partial charge in [0.2, 0.25) is 0 Å². The van der Waals surface area contributed by atoms with Gasteiger partial charge in [-0.25, -0.2) is 0 Å². The topological polar surface area (TPSA) is 80.9 Å². The van der Waals surface area contributed by atoms with Gasteiger partial charge in [0, 0.05) is 16.8 Å². The average Bonchev–Trinajstić information content (AvgIpc) is 0.722. The van der Waals surface area contributed by atoms with Crippen molar-refractivity contribution in [2.75, 3.05) is 0 Å². The second-order valence-electron chi connectivity index (χ2n) is 0.537. The van der Waals surface area contributed by atoms with Crippen molar-refractivity contribution in [3.05, 3.63) is 0 Å². The monoisotopic (exact) mass is 158 g/mol. The van der Waals surface area contributed by atoms with E-state index in [1.54, 1.807) is 0 Å². The van der Waals surface area contributed by atoms with Gasteiger partial charge >= 0.3 is 8.17 Å². The molecule has 0 atom stereocenters. The van der Waals surface area contributed by atoms with Crippen LogP contribution in [0.5, 0.6) is 0 Å². The molecule has 1 radical (unpaired) electrons. The average molecular weight is 158 g/mol. The van der Waals surface area contributed by atoms with E-state index in [9.17, 15) is 0 Å². The van der Waals surface area contributed by atoms with Crippen molar-refractivity contribution in [3.8, 4) is 0 Å². The molecule has 6 heteroatoms. The summed E-state index contributed by atoms with van der Waals surface area (Å²) in [5.41, 5.74) is 0. The first-order chi connectivity index (χ1) is 2.00. The molecule has 0 fully saturated rings. The van der Waals surface area contributed by atoms with Crippen molar-refractivity contribution in [2.24, 2.45) is 0 Å². The first-order valence-electron chi connectivity index (χ1n) is 0.800. The molecule has 0 bridgehead atoms. The van der Waals surface area contributed by atoms with E-state index in [0.29, 0.717) is 0 Å². The fourth-order valence-corrected chi connectivity index (χ4v) is 0. The van der Waals surface area contributed by atoms with E-state index >= 15 is 0 Å². The molecule has 0 unspecified atom stereocenters. The van der Waals surface area contributed by atoms with Gasteiger partial charge in [-0.1, -0.05) is 0 Å². The fourth-order valence-electron chi connectivity index (χ4n) is 0. The molecular weight excluding hydrogens is 154 g/mol. The van der Waals surface area contributed by atoms with E-state index in [1.165, 1.54) is 0 Å². The Morgan fingerprint density at radius 3 is 0.833 bits per heavy atom. The summed E-state index contributed by atoms with van der Waals surface area (Å²) in [6, 6.07) is 0. The minimum Gasteiger partial charge on any atom is -0.168 e. The zero-order valence-corrected chi connectivity index (χ0v) is 4.50. The predicted octanol–water partition coefficient (Wildman–Crippen LogP) is -1.37. The maximum atomic E-state index is 7.30. The number of hydrogen-bond donors (Lipinski definition) is 4. The van der Waals surface area contributed by atoms with E-state index < -0.39 is 8.17 Å². The quantitative estimate of drug-likeness (QED) is 0.328. The molecule has 0 aromatic rings. The third kappa shape index (κ3) is 113. The molecule has 0 rings (SSSR count). The molecule has 0 aromatic carbocycles. The summed E-state index contributed by atoms with van der Waals surface area (Å²) in [6.45, 7) is 0. The van der Waals surface area contributed by atoms with Gasteiger partial charge in [-0.2, -0.15) is 19.6 Å². The summed E-state index contributed by atoms with van der Waals surface area (Å²) in [5.74, 6) is 0. The van der Waals surface area contributed by atoms with Gasteiger partial charge in [0.1, 0.15) is 0 Å². The first kappa shape index (κ1) is 9.91. The van der Waals surface area contributed by atoms with Crippen LogP contribution in [0.4, 0.5) is 0 Å². The summed E-state index contributed by atoms with van der Waals surface area (Å²) in [4.78, 5) is 29.2. The summed E-state index contributed by atoms with van der Waals surface area (Å²) >= 11 is 0. The van der Waals surface area contributed by atoms with Crippen molar-refractivity contribution in [2.45, 2.75) is 0 Å². The molecule has 6 heavy (non-hydrogen) atoms. The van der Waals surface area contributed by atoms with Crippen LogP contribution in [0.3, 0.4) is 0 Å². The fraction of sp³-hybridized carbons (Fsp3) is 0. The van der Waals surface area contributed by atoms with Crippen LogP contribution in [0.1, 0.15) is 0 Å². The number of rotatable bonds is 0. The Morgan fingerprint density at radius 2 is 0.833 bits per heavy atom. The molecule has 0 aliphatic rings. The third-order valence-electron chi connectivity index (χ3n) is 0. The van der Waals surface area contributed by atoms with Crippen molar-refractivity contribution in [1.29, 1.82) is 0 Å². The Morgan fingerprint density at radius 1 is 0.833 bits per heavy atom. The molecule has 4 nitrogen and oxygen atoms in total. The SMILES string of the molecule is O[P+](O)(O)O.[Co]. The standard InChI is InChI=1S/Co.H4O4P/c;1-5(2,3)4/h;1-4H/q;+1. The summed E-state index contributed by atoms with van der Waals surface area (Å²) in [6.07, 6.45) is 0. The molecule has 0 aliphatic heterocycles. The van der Waals surface area contributed by atoms with Gasteiger partial charge in [-0.05, 0) is 0 Å². The van der Waals surface area contributed by atoms with Crippen LogP contribution >= 0.6 is 8.17 Å². The molecule has 0 spiro atoms. The van der Waals surface area contributed by atoms with Gasteiger partial charge in [-0.3, -0.25) is 0 Å². The summed E-state index contributed by atoms with van der Waals surface area (Å²) < 4.78 is 0. The van der Waals surface area contributed by atoms with E-state index in [4.69, 9.17) is 19.6 Å². The van der Waals surface area contributed by atoms with Gasteiger partial charge in [0.05, 0.1) is 0 Å². The van der Waals surface area contributed by atoms with Crippen LogP contribution in [0.25, 0.3) is 0 Å². The molecule has 4 N–H and O–H groups in total. The van der Waals surface area contributed by atoms with Crippen LogP contribution in [0.15, 0.2) is 0 Å². The van der Waals surface area contributed by atoms with E-state index in [0.717, 1.165) is 0 Å². The zero-order valence-electron chi connectivity index (χ0n) is 2.57. The van der Waals surface area contributed by atoms with Gasteiger partial charge in [0.25, 0.3) is 0 Å². The molecule has 0 saturated carbocycles. The van der Waals surface area contributed by atoms with Crippen LogP contribution in [-0.2, 0) is 16.8 Å². The maximum Gasteiger partial charge on any atom is 0.564 e. The smallest absolute Gasteiger partial charge is 0.168 e. The molecule has 0 heterocycles. The van der Waals surface area contributed by atoms with Gasteiger partial charge in [0.15, 0.2) is 0 Å². The van der Waals surface area contributed by atoms with E-state index in [1.807, 2.05) is 0 Å². The van der Waals surface area contributed by atoms with Gasteiger partial charge < -0.3 is 0 Å². The van der Waals surface area contributed by atoms with Crippen LogP contribution in [0, 0.1) is 0 Å². The van der Waals surface area contributed by atoms with Crippen molar-refractivity contribution >= 4 is 8.17 Å². The Hall–Kier alpha value is 0.776. The second-order valence-corrected chi connectivity index (χ2v) is 1.61. The van der Waals surface area contributed by atoms with E-state index in [2.05, 4.69) is 0 Å². The molecule has 0 aromatic heterocycles. The minimum atomic E-state index is -4.39. The van der Waals surface area contributed by atoms with Crippen LogP contribution in [0.2, 0.25) is 0 Å². The molecule has 0 aliphatic carbocycles. The molecule has 41 valence electrons. The van der Waals surface area contributed by atoms with Crippen molar-refractivity contribution < 1.29 is 36.4 Å². The molecular formula is H4CoO4P+. The Balaban J connectivity index is 0. The van der Waals surface area contributed by atoms with E-state index in [-0.39, 0.29) is 16.8 Å². The first-order valence-corrected chi connectivity index (χ1v) is 2.40. The Labute approximate surface area is 45.3 Å². The largest absolute Gasteiger partial charge is 0.564 e. The summed E-state index contributed by atoms with van der Waals surface area (Å²) in [7, 11) is -4.39. The zero-order chi connectivity index (χ0) is 4.50. The molecule has 0 saturated heterocycles. The third-order valence-corrected chi connectivity index (χ3v) is 0. The van der Waals surface area contributed by atoms with Crippen molar-refractivity contribution in [1.82, 2.24) is 0 Å². The minimum absolute atomic E-state index is 0. The Kier molecular flexibility index (Phi) is 4.74. The summed E-state index contributed by atoms with van der Waals surface area (Å²) in [5, 5.41) is 0. The predicted molar refractivity (Wildman–Crippen MR) is 15.8 cm³/mol. The molecule has 0 amide bonds. The van der Waals surface area contributed by atoms with Crippen LogP contribution < -0.4 is 0 Å². The normalized spacial score (nSPS) is 10.0. The second kappa shape index (κ2) is 2.87. The maximum absolute atomic E-state index is 7.30. The van der Waals surface area contributed by atoms with Crippen LogP contribution in [-0.4, -0.2) is 19.6 Å². The Bertz CT molecular complexity index is 23.0.